The van der Waals surface area contributed by atoms with Gasteiger partial charge >= 0.3 is 6.18 Å². The van der Waals surface area contributed by atoms with Crippen molar-refractivity contribution < 1.29 is 18.0 Å². The zero-order valence-electron chi connectivity index (χ0n) is 12.2. The van der Waals surface area contributed by atoms with E-state index in [1.54, 1.807) is 0 Å². The highest BCUT2D eigenvalue weighted by molar-refractivity contribution is 5.78. The monoisotopic (exact) mass is 294 g/mol. The fourth-order valence-corrected chi connectivity index (χ4v) is 2.75. The molecule has 0 aromatic heterocycles. The average Bonchev–Trinajstić information content (AvgIpc) is 2.34. The van der Waals surface area contributed by atoms with Crippen LogP contribution in [0.2, 0.25) is 0 Å². The minimum absolute atomic E-state index is 0.0552. The molecule has 0 bridgehead atoms. The number of hydrogen-bond donors (Lipinski definition) is 2. The van der Waals surface area contributed by atoms with Gasteiger partial charge in [-0.05, 0) is 38.0 Å². The molecule has 1 rings (SSSR count). The predicted molar refractivity (Wildman–Crippen MR) is 71.9 cm³/mol. The predicted octanol–water partition coefficient (Wildman–Crippen LogP) is 2.84. The maximum Gasteiger partial charge on any atom is 0.391 e. The van der Waals surface area contributed by atoms with Crippen LogP contribution in [0, 0.1) is 17.8 Å². The molecule has 0 aliphatic heterocycles. The molecule has 0 saturated heterocycles. The summed E-state index contributed by atoms with van der Waals surface area (Å²) in [6, 6.07) is -0.0922. The highest BCUT2D eigenvalue weighted by Crippen LogP contribution is 2.39. The SMILES string of the molecule is CC(C)CC(N)CNC(=O)C1CCC(C(F)(F)F)CC1. The second-order valence-corrected chi connectivity index (χ2v) is 6.22. The third kappa shape index (κ3) is 5.69. The summed E-state index contributed by atoms with van der Waals surface area (Å²) in [5.74, 6) is -1.22. The van der Waals surface area contributed by atoms with Crippen molar-refractivity contribution in [1.29, 1.82) is 0 Å². The van der Waals surface area contributed by atoms with Gasteiger partial charge in [0.25, 0.3) is 0 Å². The molecule has 118 valence electrons. The summed E-state index contributed by atoms with van der Waals surface area (Å²) in [5.41, 5.74) is 5.87. The van der Waals surface area contributed by atoms with E-state index in [2.05, 4.69) is 19.2 Å². The quantitative estimate of drug-likeness (QED) is 0.819. The first-order valence-corrected chi connectivity index (χ1v) is 7.30. The molecule has 1 fully saturated rings. The molecule has 6 heteroatoms. The van der Waals surface area contributed by atoms with E-state index in [9.17, 15) is 18.0 Å². The first-order valence-electron chi connectivity index (χ1n) is 7.30. The molecule has 3 N–H and O–H groups in total. The normalized spacial score (nSPS) is 25.6. The Labute approximate surface area is 118 Å². The minimum atomic E-state index is -4.12. The summed E-state index contributed by atoms with van der Waals surface area (Å²) in [7, 11) is 0. The van der Waals surface area contributed by atoms with Crippen LogP contribution in [0.15, 0.2) is 0 Å². The Hall–Kier alpha value is -0.780. The van der Waals surface area contributed by atoms with Gasteiger partial charge in [0.15, 0.2) is 0 Å². The summed E-state index contributed by atoms with van der Waals surface area (Å²) in [6.07, 6.45) is -2.56. The zero-order chi connectivity index (χ0) is 15.3. The highest BCUT2D eigenvalue weighted by Gasteiger charge is 2.42. The second kappa shape index (κ2) is 7.29. The Morgan fingerprint density at radius 2 is 1.80 bits per heavy atom. The summed E-state index contributed by atoms with van der Waals surface area (Å²) >= 11 is 0. The largest absolute Gasteiger partial charge is 0.391 e. The topological polar surface area (TPSA) is 55.1 Å². The van der Waals surface area contributed by atoms with Gasteiger partial charge in [-0.25, -0.2) is 0 Å². The standard InChI is InChI=1S/C14H25F3N2O/c1-9(2)7-12(18)8-19-13(20)10-3-5-11(6-4-10)14(15,16)17/h9-12H,3-8,18H2,1-2H3,(H,19,20). The fourth-order valence-electron chi connectivity index (χ4n) is 2.75. The Morgan fingerprint density at radius 1 is 1.25 bits per heavy atom. The highest BCUT2D eigenvalue weighted by atomic mass is 19.4. The summed E-state index contributed by atoms with van der Waals surface area (Å²) < 4.78 is 37.6. The molecule has 1 aliphatic rings. The summed E-state index contributed by atoms with van der Waals surface area (Å²) in [5, 5.41) is 2.77. The van der Waals surface area contributed by atoms with E-state index in [0.29, 0.717) is 25.3 Å². The van der Waals surface area contributed by atoms with Crippen LogP contribution in [0.1, 0.15) is 46.0 Å². The molecule has 1 aliphatic carbocycles. The van der Waals surface area contributed by atoms with Gasteiger partial charge in [0.05, 0.1) is 5.92 Å². The van der Waals surface area contributed by atoms with Crippen molar-refractivity contribution in [2.45, 2.75) is 58.2 Å². The maximum absolute atomic E-state index is 12.5. The third-order valence-electron chi connectivity index (χ3n) is 3.87. The van der Waals surface area contributed by atoms with Crippen LogP contribution in [0.25, 0.3) is 0 Å². The lowest BCUT2D eigenvalue weighted by Gasteiger charge is -2.29. The van der Waals surface area contributed by atoms with E-state index in [-0.39, 0.29) is 30.7 Å². The van der Waals surface area contributed by atoms with Crippen LogP contribution < -0.4 is 11.1 Å². The Kier molecular flexibility index (Phi) is 6.30. The van der Waals surface area contributed by atoms with Crippen molar-refractivity contribution in [3.8, 4) is 0 Å². The van der Waals surface area contributed by atoms with Crippen LogP contribution >= 0.6 is 0 Å². The van der Waals surface area contributed by atoms with Crippen molar-refractivity contribution in [3.63, 3.8) is 0 Å². The van der Waals surface area contributed by atoms with Crippen LogP contribution in [0.3, 0.4) is 0 Å². The minimum Gasteiger partial charge on any atom is -0.354 e. The van der Waals surface area contributed by atoms with Crippen LogP contribution in [-0.2, 0) is 4.79 Å². The fraction of sp³-hybridized carbons (Fsp3) is 0.929. The molecule has 1 saturated carbocycles. The smallest absolute Gasteiger partial charge is 0.354 e. The van der Waals surface area contributed by atoms with Gasteiger partial charge in [0.1, 0.15) is 0 Å². The number of nitrogens with two attached hydrogens (primary N) is 1. The van der Waals surface area contributed by atoms with Crippen molar-refractivity contribution >= 4 is 5.91 Å². The number of amides is 1. The van der Waals surface area contributed by atoms with Gasteiger partial charge < -0.3 is 11.1 Å². The van der Waals surface area contributed by atoms with E-state index in [4.69, 9.17) is 5.73 Å². The lowest BCUT2D eigenvalue weighted by molar-refractivity contribution is -0.184. The lowest BCUT2D eigenvalue weighted by atomic mass is 9.81. The Bertz CT molecular complexity index is 310. The van der Waals surface area contributed by atoms with Gasteiger partial charge in [-0.3, -0.25) is 4.79 Å². The maximum atomic E-state index is 12.5. The van der Waals surface area contributed by atoms with E-state index < -0.39 is 12.1 Å². The molecule has 0 spiro atoms. The van der Waals surface area contributed by atoms with Gasteiger partial charge in [0, 0.05) is 18.5 Å². The van der Waals surface area contributed by atoms with Crippen molar-refractivity contribution in [1.82, 2.24) is 5.32 Å². The van der Waals surface area contributed by atoms with E-state index in [1.807, 2.05) is 0 Å². The molecule has 3 nitrogen and oxygen atoms in total. The number of carbonyl (C=O) groups is 1. The van der Waals surface area contributed by atoms with Crippen LogP contribution in [0.5, 0.6) is 0 Å². The van der Waals surface area contributed by atoms with E-state index in [1.165, 1.54) is 0 Å². The summed E-state index contributed by atoms with van der Waals surface area (Å²) in [4.78, 5) is 11.9. The van der Waals surface area contributed by atoms with Gasteiger partial charge in [-0.1, -0.05) is 13.8 Å². The average molecular weight is 294 g/mol. The van der Waals surface area contributed by atoms with Gasteiger partial charge in [0.2, 0.25) is 5.91 Å². The lowest BCUT2D eigenvalue weighted by Crippen LogP contribution is -2.42. The number of halogens is 3. The number of alkyl halides is 3. The van der Waals surface area contributed by atoms with Gasteiger partial charge in [-0.15, -0.1) is 0 Å². The first-order chi connectivity index (χ1) is 9.20. The van der Waals surface area contributed by atoms with E-state index in [0.717, 1.165) is 6.42 Å². The molecular formula is C14H25F3N2O. The first kappa shape index (κ1) is 17.3. The van der Waals surface area contributed by atoms with Crippen molar-refractivity contribution in [2.24, 2.45) is 23.5 Å². The molecule has 0 aromatic carbocycles. The molecule has 1 atom stereocenters. The van der Waals surface area contributed by atoms with Crippen molar-refractivity contribution in [2.75, 3.05) is 6.54 Å². The number of rotatable bonds is 5. The Balaban J connectivity index is 2.29. The van der Waals surface area contributed by atoms with E-state index >= 15 is 0 Å². The Morgan fingerprint density at radius 3 is 2.25 bits per heavy atom. The zero-order valence-corrected chi connectivity index (χ0v) is 12.2. The molecular weight excluding hydrogens is 269 g/mol. The summed E-state index contributed by atoms with van der Waals surface area (Å²) in [6.45, 7) is 4.51. The van der Waals surface area contributed by atoms with Crippen LogP contribution in [0.4, 0.5) is 13.2 Å². The second-order valence-electron chi connectivity index (χ2n) is 6.22. The number of hydrogen-bond acceptors (Lipinski definition) is 2. The molecule has 20 heavy (non-hydrogen) atoms. The molecule has 0 radical (unpaired) electrons. The third-order valence-corrected chi connectivity index (χ3v) is 3.87. The molecule has 0 heterocycles. The molecule has 1 amide bonds. The van der Waals surface area contributed by atoms with Crippen molar-refractivity contribution in [3.05, 3.63) is 0 Å². The molecule has 0 aromatic rings. The number of nitrogens with one attached hydrogen (secondary N) is 1. The van der Waals surface area contributed by atoms with Gasteiger partial charge in [-0.2, -0.15) is 13.2 Å². The molecule has 1 unspecified atom stereocenters. The van der Waals surface area contributed by atoms with Crippen LogP contribution in [-0.4, -0.2) is 24.7 Å². The number of carbonyl (C=O) groups excluding carboxylic acids is 1.